The molecule has 1 N–H and O–H groups in total. The number of nitrogens with zero attached hydrogens (tertiary/aromatic N) is 2. The van der Waals surface area contributed by atoms with Crippen molar-refractivity contribution in [3.05, 3.63) is 18.6 Å². The molecule has 1 aromatic heterocycles. The zero-order valence-corrected chi connectivity index (χ0v) is 7.66. The molecule has 0 radical (unpaired) electrons. The van der Waals surface area contributed by atoms with E-state index in [1.165, 1.54) is 18.6 Å². The summed E-state index contributed by atoms with van der Waals surface area (Å²) in [5.41, 5.74) is 0. The SMILES string of the molecule is O=S(=O)(Nc1ccncn1)C1CC1. The fourth-order valence-corrected chi connectivity index (χ4v) is 2.29. The van der Waals surface area contributed by atoms with Gasteiger partial charge in [-0.3, -0.25) is 4.72 Å². The molecule has 2 rings (SSSR count). The second kappa shape index (κ2) is 2.95. The molecule has 0 unspecified atom stereocenters. The van der Waals surface area contributed by atoms with Crippen LogP contribution in [0.25, 0.3) is 0 Å². The number of aromatic nitrogens is 2. The van der Waals surface area contributed by atoms with Gasteiger partial charge in [0, 0.05) is 6.20 Å². The molecule has 0 bridgehead atoms. The van der Waals surface area contributed by atoms with Crippen molar-refractivity contribution in [3.63, 3.8) is 0 Å². The van der Waals surface area contributed by atoms with Crippen molar-refractivity contribution >= 4 is 15.8 Å². The van der Waals surface area contributed by atoms with Crippen molar-refractivity contribution in [1.29, 1.82) is 0 Å². The number of sulfonamides is 1. The standard InChI is InChI=1S/C7H9N3O2S/c11-13(12,6-1-2-6)10-7-3-4-8-5-9-7/h3-6H,1-2H2,(H,8,9,10). The highest BCUT2D eigenvalue weighted by Gasteiger charge is 2.35. The summed E-state index contributed by atoms with van der Waals surface area (Å²) in [6.45, 7) is 0. The van der Waals surface area contributed by atoms with Gasteiger partial charge in [-0.25, -0.2) is 18.4 Å². The summed E-state index contributed by atoms with van der Waals surface area (Å²) < 4.78 is 25.2. The third-order valence-electron chi connectivity index (χ3n) is 1.79. The van der Waals surface area contributed by atoms with Gasteiger partial charge in [-0.2, -0.15) is 0 Å². The molecule has 0 amide bonds. The molecule has 1 aliphatic rings. The van der Waals surface area contributed by atoms with Crippen LogP contribution in [-0.4, -0.2) is 23.6 Å². The van der Waals surface area contributed by atoms with Crippen molar-refractivity contribution in [3.8, 4) is 0 Å². The molecule has 0 spiro atoms. The van der Waals surface area contributed by atoms with Gasteiger partial charge in [0.15, 0.2) is 0 Å². The van der Waals surface area contributed by atoms with E-state index in [1.807, 2.05) is 0 Å². The quantitative estimate of drug-likeness (QED) is 0.763. The third kappa shape index (κ3) is 1.95. The zero-order valence-electron chi connectivity index (χ0n) is 6.84. The van der Waals surface area contributed by atoms with E-state index in [1.54, 1.807) is 0 Å². The van der Waals surface area contributed by atoms with Gasteiger partial charge in [0.1, 0.15) is 12.1 Å². The summed E-state index contributed by atoms with van der Waals surface area (Å²) in [4.78, 5) is 7.46. The van der Waals surface area contributed by atoms with Crippen LogP contribution in [0.4, 0.5) is 5.82 Å². The Morgan fingerprint density at radius 2 is 2.23 bits per heavy atom. The van der Waals surface area contributed by atoms with E-state index in [-0.39, 0.29) is 5.25 Å². The van der Waals surface area contributed by atoms with Gasteiger partial charge in [0.05, 0.1) is 5.25 Å². The number of anilines is 1. The maximum atomic E-state index is 11.4. The normalized spacial score (nSPS) is 16.9. The summed E-state index contributed by atoms with van der Waals surface area (Å²) in [5, 5.41) is -0.220. The Morgan fingerprint density at radius 1 is 1.46 bits per heavy atom. The number of nitrogens with one attached hydrogen (secondary N) is 1. The molecular formula is C7H9N3O2S. The monoisotopic (exact) mass is 199 g/mol. The highest BCUT2D eigenvalue weighted by molar-refractivity contribution is 7.93. The van der Waals surface area contributed by atoms with Crippen molar-refractivity contribution in [2.45, 2.75) is 18.1 Å². The van der Waals surface area contributed by atoms with Gasteiger partial charge in [0.25, 0.3) is 0 Å². The Bertz CT molecular complexity index is 385. The van der Waals surface area contributed by atoms with Gasteiger partial charge in [-0.1, -0.05) is 0 Å². The van der Waals surface area contributed by atoms with Gasteiger partial charge < -0.3 is 0 Å². The van der Waals surface area contributed by atoms with Crippen molar-refractivity contribution < 1.29 is 8.42 Å². The Balaban J connectivity index is 2.14. The van der Waals surface area contributed by atoms with Crippen LogP contribution in [0.15, 0.2) is 18.6 Å². The lowest BCUT2D eigenvalue weighted by Gasteiger charge is -2.03. The van der Waals surface area contributed by atoms with Crippen LogP contribution >= 0.6 is 0 Å². The van der Waals surface area contributed by atoms with E-state index in [0.717, 1.165) is 12.8 Å². The predicted molar refractivity (Wildman–Crippen MR) is 47.6 cm³/mol. The molecule has 6 heteroatoms. The molecule has 5 nitrogen and oxygen atoms in total. The maximum Gasteiger partial charge on any atom is 0.236 e. The summed E-state index contributed by atoms with van der Waals surface area (Å²) in [6.07, 6.45) is 4.31. The fourth-order valence-electron chi connectivity index (χ4n) is 0.958. The minimum atomic E-state index is -3.18. The molecular weight excluding hydrogens is 190 g/mol. The molecule has 13 heavy (non-hydrogen) atoms. The van der Waals surface area contributed by atoms with Crippen LogP contribution in [0.5, 0.6) is 0 Å². The fraction of sp³-hybridized carbons (Fsp3) is 0.429. The second-order valence-corrected chi connectivity index (χ2v) is 4.90. The van der Waals surface area contributed by atoms with Crippen molar-refractivity contribution in [2.75, 3.05) is 4.72 Å². The minimum absolute atomic E-state index is 0.220. The minimum Gasteiger partial charge on any atom is -0.267 e. The van der Waals surface area contributed by atoms with Crippen LogP contribution in [0.1, 0.15) is 12.8 Å². The highest BCUT2D eigenvalue weighted by atomic mass is 32.2. The van der Waals surface area contributed by atoms with E-state index in [9.17, 15) is 8.42 Å². The summed E-state index contributed by atoms with van der Waals surface area (Å²) in [5.74, 6) is 0.335. The van der Waals surface area contributed by atoms with Crippen molar-refractivity contribution in [2.24, 2.45) is 0 Å². The smallest absolute Gasteiger partial charge is 0.236 e. The van der Waals surface area contributed by atoms with Crippen LogP contribution in [0, 0.1) is 0 Å². The zero-order chi connectivity index (χ0) is 9.31. The number of rotatable bonds is 3. The lowest BCUT2D eigenvalue weighted by atomic mass is 10.6. The molecule has 1 fully saturated rings. The van der Waals surface area contributed by atoms with E-state index in [4.69, 9.17) is 0 Å². The Kier molecular flexibility index (Phi) is 1.91. The van der Waals surface area contributed by atoms with Gasteiger partial charge in [-0.15, -0.1) is 0 Å². The molecule has 1 saturated carbocycles. The second-order valence-electron chi connectivity index (χ2n) is 2.94. The molecule has 0 saturated heterocycles. The van der Waals surface area contributed by atoms with E-state index in [2.05, 4.69) is 14.7 Å². The lowest BCUT2D eigenvalue weighted by Crippen LogP contribution is -2.17. The van der Waals surface area contributed by atoms with E-state index >= 15 is 0 Å². The maximum absolute atomic E-state index is 11.4. The third-order valence-corrected chi connectivity index (χ3v) is 3.63. The average Bonchev–Trinajstić information content (AvgIpc) is 2.87. The number of hydrogen-bond acceptors (Lipinski definition) is 4. The average molecular weight is 199 g/mol. The van der Waals surface area contributed by atoms with Crippen molar-refractivity contribution in [1.82, 2.24) is 9.97 Å². The Morgan fingerprint density at radius 3 is 2.77 bits per heavy atom. The predicted octanol–water partition coefficient (Wildman–Crippen LogP) is 0.381. The summed E-state index contributed by atoms with van der Waals surface area (Å²) >= 11 is 0. The first-order chi connectivity index (χ1) is 6.18. The van der Waals surface area contributed by atoms with Crippen LogP contribution in [0.2, 0.25) is 0 Å². The summed E-state index contributed by atoms with van der Waals surface area (Å²) in [6, 6.07) is 1.53. The molecule has 0 aliphatic heterocycles. The van der Waals surface area contributed by atoms with Crippen LogP contribution in [-0.2, 0) is 10.0 Å². The lowest BCUT2D eigenvalue weighted by molar-refractivity contribution is 0.600. The van der Waals surface area contributed by atoms with Crippen LogP contribution in [0.3, 0.4) is 0 Å². The molecule has 1 heterocycles. The van der Waals surface area contributed by atoms with Crippen LogP contribution < -0.4 is 4.72 Å². The largest absolute Gasteiger partial charge is 0.267 e. The van der Waals surface area contributed by atoms with Gasteiger partial charge in [0.2, 0.25) is 10.0 Å². The number of hydrogen-bond donors (Lipinski definition) is 1. The topological polar surface area (TPSA) is 72.0 Å². The van der Waals surface area contributed by atoms with E-state index < -0.39 is 10.0 Å². The Hall–Kier alpha value is -1.17. The van der Waals surface area contributed by atoms with Gasteiger partial charge >= 0.3 is 0 Å². The molecule has 1 aliphatic carbocycles. The van der Waals surface area contributed by atoms with E-state index in [0.29, 0.717) is 5.82 Å². The highest BCUT2D eigenvalue weighted by Crippen LogP contribution is 2.28. The first kappa shape index (κ1) is 8.43. The molecule has 0 aromatic carbocycles. The molecule has 1 aromatic rings. The summed E-state index contributed by atoms with van der Waals surface area (Å²) in [7, 11) is -3.18. The first-order valence-electron chi connectivity index (χ1n) is 3.96. The Labute approximate surface area is 76.3 Å². The molecule has 70 valence electrons. The van der Waals surface area contributed by atoms with Gasteiger partial charge in [-0.05, 0) is 18.9 Å². The molecule has 0 atom stereocenters. The first-order valence-corrected chi connectivity index (χ1v) is 5.51.